The molecule has 0 radical (unpaired) electrons. The lowest BCUT2D eigenvalue weighted by Gasteiger charge is -2.10. The minimum atomic E-state index is -0.661. The Morgan fingerprint density at radius 2 is 1.88 bits per heavy atom. The molecule has 0 aromatic heterocycles. The highest BCUT2D eigenvalue weighted by atomic mass is 35.5. The molecule has 16 heavy (non-hydrogen) atoms. The third-order valence-corrected chi connectivity index (χ3v) is 2.88. The smallest absolute Gasteiger partial charge is 0.114 e. The summed E-state index contributed by atoms with van der Waals surface area (Å²) in [7, 11) is 0. The molecule has 0 amide bonds. The van der Waals surface area contributed by atoms with E-state index in [0.717, 1.165) is 5.54 Å². The van der Waals surface area contributed by atoms with Crippen LogP contribution < -0.4 is 0 Å². The van der Waals surface area contributed by atoms with Crippen molar-refractivity contribution in [1.29, 1.82) is 0 Å². The molecule has 0 N–H and O–H groups in total. The lowest BCUT2D eigenvalue weighted by atomic mass is 10.0. The molecule has 88 valence electrons. The Morgan fingerprint density at radius 3 is 2.19 bits per heavy atom. The molecule has 1 unspecified atom stereocenters. The van der Waals surface area contributed by atoms with Crippen molar-refractivity contribution in [2.75, 3.05) is 0 Å². The van der Waals surface area contributed by atoms with Gasteiger partial charge in [-0.1, -0.05) is 47.5 Å². The van der Waals surface area contributed by atoms with Gasteiger partial charge in [-0.2, -0.15) is 0 Å². The topological polar surface area (TPSA) is 29.4 Å². The van der Waals surface area contributed by atoms with E-state index in [2.05, 4.69) is 11.8 Å². The Balaban J connectivity index is 4.82. The Kier molecular flexibility index (Phi) is 8.67. The summed E-state index contributed by atoms with van der Waals surface area (Å²) in [5.41, 5.74) is 4.99. The Hall–Kier alpha value is -0.280. The fourth-order valence-electron chi connectivity index (χ4n) is 0.914. The molecule has 0 aromatic rings. The Bertz CT molecular complexity index is 347. The molecule has 0 heterocycles. The van der Waals surface area contributed by atoms with E-state index in [-0.39, 0.29) is 12.1 Å². The summed E-state index contributed by atoms with van der Waals surface area (Å²) < 4.78 is 0. The molecule has 0 saturated heterocycles. The van der Waals surface area contributed by atoms with Gasteiger partial charge in [-0.25, -0.2) is 0 Å². The van der Waals surface area contributed by atoms with Crippen LogP contribution >= 0.6 is 46.4 Å². The van der Waals surface area contributed by atoms with E-state index in [1.54, 1.807) is 0 Å². The van der Waals surface area contributed by atoms with E-state index < -0.39 is 5.38 Å². The Morgan fingerprint density at radius 1 is 1.25 bits per heavy atom. The first kappa shape index (κ1) is 15.7. The number of rotatable bonds is 6. The summed E-state index contributed by atoms with van der Waals surface area (Å²) in [5.74, 6) is 0. The third-order valence-electron chi connectivity index (χ3n) is 1.78. The monoisotopic (exact) mass is 299 g/mol. The summed E-state index contributed by atoms with van der Waals surface area (Å²) >= 11 is 22.5. The zero-order valence-electron chi connectivity index (χ0n) is 8.17. The van der Waals surface area contributed by atoms with Crippen molar-refractivity contribution < 1.29 is 0 Å². The SMILES string of the molecule is C=CC(=C/Cl)/C(=C\Cl)CC(Cl)/C(=C/Cl)N=O. The van der Waals surface area contributed by atoms with E-state index in [4.69, 9.17) is 46.4 Å². The van der Waals surface area contributed by atoms with Gasteiger partial charge in [-0.3, -0.25) is 0 Å². The van der Waals surface area contributed by atoms with E-state index in [1.807, 2.05) is 0 Å². The second-order valence-corrected chi connectivity index (χ2v) is 3.88. The molecule has 0 bridgehead atoms. The largest absolute Gasteiger partial charge is 0.145 e. The molecule has 0 aliphatic rings. The van der Waals surface area contributed by atoms with Gasteiger partial charge in [-0.15, -0.1) is 16.5 Å². The first-order chi connectivity index (χ1) is 7.64. The molecule has 2 nitrogen and oxygen atoms in total. The second kappa shape index (κ2) is 8.82. The number of nitrogens with zero attached hydrogens (tertiary/aromatic N) is 1. The highest BCUT2D eigenvalue weighted by Crippen LogP contribution is 2.26. The van der Waals surface area contributed by atoms with Gasteiger partial charge < -0.3 is 0 Å². The average Bonchev–Trinajstić information content (AvgIpc) is 2.30. The van der Waals surface area contributed by atoms with E-state index in [9.17, 15) is 4.91 Å². The molecular formula is C10H9Cl4NO. The zero-order chi connectivity index (χ0) is 12.6. The van der Waals surface area contributed by atoms with Crippen LogP contribution in [0.4, 0.5) is 0 Å². The maximum atomic E-state index is 10.4. The molecule has 6 heteroatoms. The van der Waals surface area contributed by atoms with Gasteiger partial charge in [-0.05, 0) is 22.7 Å². The van der Waals surface area contributed by atoms with Crippen molar-refractivity contribution in [2.24, 2.45) is 5.18 Å². The summed E-state index contributed by atoms with van der Waals surface area (Å²) in [5, 5.41) is 2.04. The first-order valence-electron chi connectivity index (χ1n) is 4.14. The fourth-order valence-corrected chi connectivity index (χ4v) is 1.88. The van der Waals surface area contributed by atoms with Gasteiger partial charge in [0, 0.05) is 16.6 Å². The number of halogens is 4. The number of hydrogen-bond acceptors (Lipinski definition) is 2. The summed E-state index contributed by atoms with van der Waals surface area (Å²) in [6.07, 6.45) is 1.81. The lowest BCUT2D eigenvalue weighted by molar-refractivity contribution is 0.933. The molecule has 0 rings (SSSR count). The fraction of sp³-hybridized carbons (Fsp3) is 0.200. The molecule has 0 aliphatic carbocycles. The number of nitroso groups, excluding NO2 is 1. The lowest BCUT2D eigenvalue weighted by Crippen LogP contribution is -2.03. The maximum Gasteiger partial charge on any atom is 0.114 e. The molecule has 1 atom stereocenters. The van der Waals surface area contributed by atoms with Gasteiger partial charge in [0.25, 0.3) is 0 Å². The molecule has 0 aromatic carbocycles. The Labute approximate surface area is 114 Å². The first-order valence-corrected chi connectivity index (χ1v) is 5.89. The van der Waals surface area contributed by atoms with Crippen LogP contribution in [0.2, 0.25) is 0 Å². The molecule has 0 aliphatic heterocycles. The number of alkyl halides is 1. The average molecular weight is 301 g/mol. The van der Waals surface area contributed by atoms with Gasteiger partial charge in [0.05, 0.1) is 5.38 Å². The predicted octanol–water partition coefficient (Wildman–Crippen LogP) is 5.26. The van der Waals surface area contributed by atoms with Gasteiger partial charge in [0.1, 0.15) is 5.70 Å². The number of hydrogen-bond donors (Lipinski definition) is 0. The molecule has 0 fully saturated rings. The minimum Gasteiger partial charge on any atom is -0.145 e. The van der Waals surface area contributed by atoms with Crippen molar-refractivity contribution in [2.45, 2.75) is 11.8 Å². The highest BCUT2D eigenvalue weighted by Gasteiger charge is 2.15. The van der Waals surface area contributed by atoms with Crippen molar-refractivity contribution >= 4 is 46.4 Å². The zero-order valence-corrected chi connectivity index (χ0v) is 11.2. The van der Waals surface area contributed by atoms with E-state index in [0.29, 0.717) is 11.1 Å². The normalized spacial score (nSPS) is 15.9. The van der Waals surface area contributed by atoms with Crippen molar-refractivity contribution in [1.82, 2.24) is 0 Å². The molecule has 0 spiro atoms. The summed E-state index contributed by atoms with van der Waals surface area (Å²) in [4.78, 5) is 10.4. The van der Waals surface area contributed by atoms with Crippen molar-refractivity contribution in [3.8, 4) is 0 Å². The standard InChI is InChI=1S/C10H9Cl4NO/c1-2-7(4-11)8(5-12)3-9(14)10(6-13)15-16/h2,4-6,9H,1,3H2/b7-4-,8-5-,10-6-. The molecular weight excluding hydrogens is 292 g/mol. The van der Waals surface area contributed by atoms with Crippen LogP contribution in [0.5, 0.6) is 0 Å². The van der Waals surface area contributed by atoms with Crippen LogP contribution in [0.25, 0.3) is 0 Å². The van der Waals surface area contributed by atoms with Gasteiger partial charge >= 0.3 is 0 Å². The van der Waals surface area contributed by atoms with Crippen LogP contribution in [0.15, 0.2) is 51.3 Å². The summed E-state index contributed by atoms with van der Waals surface area (Å²) in [6.45, 7) is 3.57. The van der Waals surface area contributed by atoms with Crippen LogP contribution in [0, 0.1) is 4.91 Å². The van der Waals surface area contributed by atoms with Crippen LogP contribution in [0.1, 0.15) is 6.42 Å². The quantitative estimate of drug-likeness (QED) is 0.374. The van der Waals surface area contributed by atoms with Crippen LogP contribution in [0.3, 0.4) is 0 Å². The summed E-state index contributed by atoms with van der Waals surface area (Å²) in [6, 6.07) is 0. The third kappa shape index (κ3) is 4.71. The van der Waals surface area contributed by atoms with Crippen molar-refractivity contribution in [3.05, 3.63) is 51.0 Å². The maximum absolute atomic E-state index is 10.4. The van der Waals surface area contributed by atoms with Crippen molar-refractivity contribution in [3.63, 3.8) is 0 Å². The second-order valence-electron chi connectivity index (χ2n) is 2.70. The predicted molar refractivity (Wildman–Crippen MR) is 72.1 cm³/mol. The van der Waals surface area contributed by atoms with Gasteiger partial charge in [0.15, 0.2) is 0 Å². The van der Waals surface area contributed by atoms with Crippen LogP contribution in [-0.2, 0) is 0 Å². The van der Waals surface area contributed by atoms with Crippen LogP contribution in [-0.4, -0.2) is 5.38 Å². The molecule has 0 saturated carbocycles. The highest BCUT2D eigenvalue weighted by molar-refractivity contribution is 6.29. The van der Waals surface area contributed by atoms with E-state index in [1.165, 1.54) is 17.1 Å². The van der Waals surface area contributed by atoms with Gasteiger partial charge in [0.2, 0.25) is 0 Å². The van der Waals surface area contributed by atoms with E-state index >= 15 is 0 Å². The minimum absolute atomic E-state index is 0.0392. The number of allylic oxidation sites excluding steroid dienone is 4.